The van der Waals surface area contributed by atoms with Gasteiger partial charge in [0.15, 0.2) is 5.82 Å². The molecule has 2 rings (SSSR count). The van der Waals surface area contributed by atoms with Crippen LogP contribution in [0.3, 0.4) is 0 Å². The fourth-order valence-electron chi connectivity index (χ4n) is 1.40. The quantitative estimate of drug-likeness (QED) is 0.793. The zero-order chi connectivity index (χ0) is 13.5. The molecule has 0 radical (unpaired) electrons. The highest BCUT2D eigenvalue weighted by Gasteiger charge is 2.23. The third-order valence-corrected chi connectivity index (χ3v) is 2.36. The summed E-state index contributed by atoms with van der Waals surface area (Å²) in [5.41, 5.74) is 4.57. The first-order valence-corrected chi connectivity index (χ1v) is 5.38. The minimum atomic E-state index is -0.763. The molecule has 96 valence electrons. The van der Waals surface area contributed by atoms with Gasteiger partial charge in [-0.3, -0.25) is 0 Å². The first-order valence-electron chi connectivity index (χ1n) is 5.38. The smallest absolute Gasteiger partial charge is 0.250 e. The summed E-state index contributed by atoms with van der Waals surface area (Å²) in [7, 11) is 0. The highest BCUT2D eigenvalue weighted by molar-refractivity contribution is 5.61. The van der Waals surface area contributed by atoms with Gasteiger partial charge in [-0.1, -0.05) is 20.8 Å². The average Bonchev–Trinajstić information content (AvgIpc) is 2.71. The van der Waals surface area contributed by atoms with Crippen LogP contribution < -0.4 is 5.73 Å². The predicted molar refractivity (Wildman–Crippen MR) is 62.8 cm³/mol. The summed E-state index contributed by atoms with van der Waals surface area (Å²) in [5.74, 6) is -1.15. The Kier molecular flexibility index (Phi) is 2.80. The second-order valence-electron chi connectivity index (χ2n) is 5.02. The highest BCUT2D eigenvalue weighted by atomic mass is 19.1. The number of nitrogens with two attached hydrogens (primary N) is 1. The fraction of sp³-hybridized carbons (Fsp3) is 0.333. The topological polar surface area (TPSA) is 64.9 Å². The molecule has 4 nitrogen and oxygen atoms in total. The van der Waals surface area contributed by atoms with Crippen LogP contribution in [0.1, 0.15) is 26.7 Å². The van der Waals surface area contributed by atoms with Crippen LogP contribution in [0.5, 0.6) is 0 Å². The van der Waals surface area contributed by atoms with Crippen molar-refractivity contribution in [2.75, 3.05) is 5.73 Å². The number of nitrogen functional groups attached to an aromatic ring is 1. The molecule has 0 saturated carbocycles. The molecule has 0 fully saturated rings. The maximum Gasteiger partial charge on any atom is 0.250 e. The molecule has 0 aliphatic rings. The van der Waals surface area contributed by atoms with Gasteiger partial charge in [-0.05, 0) is 12.1 Å². The normalized spacial score (nSPS) is 11.8. The minimum Gasteiger partial charge on any atom is -0.420 e. The zero-order valence-corrected chi connectivity index (χ0v) is 10.3. The second kappa shape index (κ2) is 4.04. The Morgan fingerprint density at radius 1 is 1.17 bits per heavy atom. The summed E-state index contributed by atoms with van der Waals surface area (Å²) < 4.78 is 32.3. The fourth-order valence-corrected chi connectivity index (χ4v) is 1.40. The first-order chi connectivity index (χ1) is 8.29. The van der Waals surface area contributed by atoms with Gasteiger partial charge in [0.05, 0.1) is 11.3 Å². The van der Waals surface area contributed by atoms with Gasteiger partial charge in [-0.2, -0.15) is 0 Å². The predicted octanol–water partition coefficient (Wildman–Crippen LogP) is 2.89. The number of nitrogens with zero attached hydrogens (tertiary/aromatic N) is 2. The van der Waals surface area contributed by atoms with Gasteiger partial charge in [0, 0.05) is 5.41 Å². The van der Waals surface area contributed by atoms with E-state index in [9.17, 15) is 8.78 Å². The number of aromatic nitrogens is 2. The van der Waals surface area contributed by atoms with E-state index in [0.717, 1.165) is 12.1 Å². The molecule has 0 aliphatic carbocycles. The van der Waals surface area contributed by atoms with Crippen LogP contribution in [-0.4, -0.2) is 10.2 Å². The number of rotatable bonds is 1. The summed E-state index contributed by atoms with van der Waals surface area (Å²) in [6, 6.07) is 1.88. The van der Waals surface area contributed by atoms with Crippen molar-refractivity contribution in [3.05, 3.63) is 29.7 Å². The summed E-state index contributed by atoms with van der Waals surface area (Å²) in [6.45, 7) is 5.63. The SMILES string of the molecule is CC(C)(C)c1nnc(-c2cc(F)cc(N)c2F)o1. The Morgan fingerprint density at radius 2 is 1.83 bits per heavy atom. The van der Waals surface area contributed by atoms with Crippen molar-refractivity contribution in [1.82, 2.24) is 10.2 Å². The van der Waals surface area contributed by atoms with Crippen LogP contribution in [0.4, 0.5) is 14.5 Å². The third kappa shape index (κ3) is 2.18. The number of benzene rings is 1. The van der Waals surface area contributed by atoms with Crippen molar-refractivity contribution >= 4 is 5.69 Å². The molecule has 0 amide bonds. The van der Waals surface area contributed by atoms with Crippen molar-refractivity contribution in [2.45, 2.75) is 26.2 Å². The van der Waals surface area contributed by atoms with E-state index in [-0.39, 0.29) is 22.6 Å². The molecule has 0 bridgehead atoms. The van der Waals surface area contributed by atoms with Gasteiger partial charge in [-0.25, -0.2) is 8.78 Å². The zero-order valence-electron chi connectivity index (χ0n) is 10.3. The molecule has 1 aromatic carbocycles. The van der Waals surface area contributed by atoms with Crippen LogP contribution in [0, 0.1) is 11.6 Å². The van der Waals surface area contributed by atoms with Crippen LogP contribution in [0.15, 0.2) is 16.5 Å². The average molecular weight is 253 g/mol. The van der Waals surface area contributed by atoms with Crippen LogP contribution >= 0.6 is 0 Å². The van der Waals surface area contributed by atoms with E-state index in [1.165, 1.54) is 0 Å². The van der Waals surface area contributed by atoms with E-state index in [1.807, 2.05) is 20.8 Å². The molecular formula is C12H13F2N3O. The van der Waals surface area contributed by atoms with Crippen LogP contribution in [-0.2, 0) is 5.41 Å². The lowest BCUT2D eigenvalue weighted by Gasteiger charge is -2.11. The molecule has 0 spiro atoms. The number of hydrogen-bond acceptors (Lipinski definition) is 4. The lowest BCUT2D eigenvalue weighted by atomic mass is 9.97. The minimum absolute atomic E-state index is 0.0800. The lowest BCUT2D eigenvalue weighted by molar-refractivity contribution is 0.398. The Bertz CT molecular complexity index is 587. The molecule has 6 heteroatoms. The van der Waals surface area contributed by atoms with Crippen LogP contribution in [0.2, 0.25) is 0 Å². The largest absolute Gasteiger partial charge is 0.420 e. The third-order valence-electron chi connectivity index (χ3n) is 2.36. The first kappa shape index (κ1) is 12.5. The van der Waals surface area contributed by atoms with Crippen molar-refractivity contribution < 1.29 is 13.2 Å². The number of halogens is 2. The van der Waals surface area contributed by atoms with E-state index in [0.29, 0.717) is 5.89 Å². The molecule has 0 aliphatic heterocycles. The van der Waals surface area contributed by atoms with Crippen molar-refractivity contribution in [3.8, 4) is 11.5 Å². The van der Waals surface area contributed by atoms with Gasteiger partial charge in [0.25, 0.3) is 5.89 Å². The molecule has 0 saturated heterocycles. The lowest BCUT2D eigenvalue weighted by Crippen LogP contribution is -2.11. The van der Waals surface area contributed by atoms with Gasteiger partial charge < -0.3 is 10.2 Å². The molecule has 18 heavy (non-hydrogen) atoms. The number of anilines is 1. The second-order valence-corrected chi connectivity index (χ2v) is 5.02. The van der Waals surface area contributed by atoms with Gasteiger partial charge in [0.2, 0.25) is 5.89 Å². The van der Waals surface area contributed by atoms with E-state index >= 15 is 0 Å². The highest BCUT2D eigenvalue weighted by Crippen LogP contribution is 2.29. The summed E-state index contributed by atoms with van der Waals surface area (Å²) in [4.78, 5) is 0. The van der Waals surface area contributed by atoms with Crippen LogP contribution in [0.25, 0.3) is 11.5 Å². The molecule has 1 aromatic heterocycles. The summed E-state index contributed by atoms with van der Waals surface area (Å²) in [5, 5.41) is 7.53. The molecule has 0 atom stereocenters. The van der Waals surface area contributed by atoms with Crippen molar-refractivity contribution in [1.29, 1.82) is 0 Å². The standard InChI is InChI=1S/C12H13F2N3O/c1-12(2,3)11-17-16-10(18-11)7-4-6(13)5-8(15)9(7)14/h4-5H,15H2,1-3H3. The molecule has 0 unspecified atom stereocenters. The Morgan fingerprint density at radius 3 is 2.39 bits per heavy atom. The van der Waals surface area contributed by atoms with Gasteiger partial charge >= 0.3 is 0 Å². The van der Waals surface area contributed by atoms with Gasteiger partial charge in [-0.15, -0.1) is 10.2 Å². The summed E-state index contributed by atoms with van der Waals surface area (Å²) >= 11 is 0. The van der Waals surface area contributed by atoms with Crippen molar-refractivity contribution in [2.24, 2.45) is 0 Å². The van der Waals surface area contributed by atoms with E-state index in [4.69, 9.17) is 10.2 Å². The van der Waals surface area contributed by atoms with Gasteiger partial charge in [0.1, 0.15) is 5.82 Å². The van der Waals surface area contributed by atoms with E-state index in [2.05, 4.69) is 10.2 Å². The Balaban J connectivity index is 2.53. The van der Waals surface area contributed by atoms with Crippen molar-refractivity contribution in [3.63, 3.8) is 0 Å². The molecule has 2 aromatic rings. The molecule has 2 N–H and O–H groups in total. The number of hydrogen-bond donors (Lipinski definition) is 1. The maximum atomic E-state index is 13.8. The Hall–Kier alpha value is -1.98. The molecular weight excluding hydrogens is 240 g/mol. The Labute approximate surface area is 103 Å². The maximum absolute atomic E-state index is 13.8. The monoisotopic (exact) mass is 253 g/mol. The molecule has 1 heterocycles. The summed E-state index contributed by atoms with van der Waals surface area (Å²) in [6.07, 6.45) is 0. The van der Waals surface area contributed by atoms with E-state index in [1.54, 1.807) is 0 Å². The van der Waals surface area contributed by atoms with E-state index < -0.39 is 11.6 Å².